The predicted molar refractivity (Wildman–Crippen MR) is 139 cm³/mol. The van der Waals surface area contributed by atoms with Crippen molar-refractivity contribution in [1.29, 1.82) is 0 Å². The van der Waals surface area contributed by atoms with Gasteiger partial charge in [-0.3, -0.25) is 19.4 Å². The smallest absolute Gasteiger partial charge is 0.326 e. The van der Waals surface area contributed by atoms with Crippen LogP contribution in [0.4, 0.5) is 0 Å². The number of aliphatic imine (C=N–C) groups is 1. The van der Waals surface area contributed by atoms with E-state index in [2.05, 4.69) is 20.9 Å². The zero-order chi connectivity index (χ0) is 27.1. The minimum atomic E-state index is -1.16. The topological polar surface area (TPSA) is 215 Å². The number of carbonyl (C=O) groups excluding carboxylic acids is 3. The zero-order valence-corrected chi connectivity index (χ0v) is 22.2. The van der Waals surface area contributed by atoms with E-state index in [0.717, 1.165) is 0 Å². The highest BCUT2D eigenvalue weighted by Gasteiger charge is 2.31. The number of thioether (sulfide) groups is 1. The van der Waals surface area contributed by atoms with E-state index in [1.165, 1.54) is 11.8 Å². The molecular weight excluding hydrogens is 474 g/mol. The van der Waals surface area contributed by atoms with Crippen LogP contribution in [0.5, 0.6) is 0 Å². The number of carbonyl (C=O) groups is 4. The second-order valence-electron chi connectivity index (χ2n) is 9.16. The first-order chi connectivity index (χ1) is 16.3. The molecule has 35 heavy (non-hydrogen) atoms. The number of hydrogen-bond acceptors (Lipinski definition) is 7. The zero-order valence-electron chi connectivity index (χ0n) is 21.4. The fourth-order valence-corrected chi connectivity index (χ4v) is 3.68. The van der Waals surface area contributed by atoms with Crippen LogP contribution < -0.4 is 33.2 Å². The lowest BCUT2D eigenvalue weighted by Gasteiger charge is -2.26. The van der Waals surface area contributed by atoms with Gasteiger partial charge in [-0.2, -0.15) is 11.8 Å². The average molecular weight is 518 g/mol. The van der Waals surface area contributed by atoms with Crippen LogP contribution in [0.15, 0.2) is 4.99 Å². The third-order valence-electron chi connectivity index (χ3n) is 5.11. The van der Waals surface area contributed by atoms with Gasteiger partial charge in [0.15, 0.2) is 5.96 Å². The van der Waals surface area contributed by atoms with Crippen molar-refractivity contribution in [3.8, 4) is 0 Å². The highest BCUT2D eigenvalue weighted by molar-refractivity contribution is 7.98. The summed E-state index contributed by atoms with van der Waals surface area (Å²) in [6.45, 7) is 7.48. The molecule has 0 aromatic carbocycles. The molecule has 0 spiro atoms. The molecule has 0 saturated carbocycles. The summed E-state index contributed by atoms with van der Waals surface area (Å²) in [6, 6.07) is -3.84. The highest BCUT2D eigenvalue weighted by atomic mass is 32.2. The molecule has 13 heteroatoms. The summed E-state index contributed by atoms with van der Waals surface area (Å²) in [5.41, 5.74) is 16.6. The molecule has 0 aliphatic rings. The summed E-state index contributed by atoms with van der Waals surface area (Å²) < 4.78 is 0. The molecule has 4 atom stereocenters. The lowest BCUT2D eigenvalue weighted by molar-refractivity contribution is -0.143. The SMILES string of the molecule is CSCCC(NC(=O)C(CCCN=C(N)N)NC(=O)C(N)CC(C)C)C(=O)NC(C(=O)O)C(C)C. The monoisotopic (exact) mass is 517 g/mol. The van der Waals surface area contributed by atoms with Gasteiger partial charge in [-0.25, -0.2) is 4.79 Å². The summed E-state index contributed by atoms with van der Waals surface area (Å²) in [6.07, 6.45) is 3.19. The van der Waals surface area contributed by atoms with E-state index in [9.17, 15) is 24.3 Å². The molecule has 0 aromatic heterocycles. The van der Waals surface area contributed by atoms with E-state index in [4.69, 9.17) is 17.2 Å². The van der Waals surface area contributed by atoms with Crippen LogP contribution in [0.2, 0.25) is 0 Å². The van der Waals surface area contributed by atoms with Gasteiger partial charge in [0.2, 0.25) is 17.7 Å². The Morgan fingerprint density at radius 2 is 1.46 bits per heavy atom. The first kappa shape index (κ1) is 32.5. The Labute approximate surface area is 212 Å². The largest absolute Gasteiger partial charge is 0.480 e. The van der Waals surface area contributed by atoms with Crippen LogP contribution in [-0.2, 0) is 19.2 Å². The second-order valence-corrected chi connectivity index (χ2v) is 10.1. The van der Waals surface area contributed by atoms with Gasteiger partial charge in [0.25, 0.3) is 0 Å². The molecule has 0 aromatic rings. The quantitative estimate of drug-likeness (QED) is 0.0740. The van der Waals surface area contributed by atoms with Crippen molar-refractivity contribution in [2.75, 3.05) is 18.6 Å². The van der Waals surface area contributed by atoms with Crippen molar-refractivity contribution >= 4 is 41.4 Å². The molecule has 0 fully saturated rings. The normalized spacial score (nSPS) is 14.5. The number of nitrogens with two attached hydrogens (primary N) is 3. The fourth-order valence-electron chi connectivity index (χ4n) is 3.21. The van der Waals surface area contributed by atoms with Gasteiger partial charge in [0, 0.05) is 6.54 Å². The van der Waals surface area contributed by atoms with E-state index in [1.54, 1.807) is 13.8 Å². The number of nitrogens with one attached hydrogen (secondary N) is 3. The van der Waals surface area contributed by atoms with Gasteiger partial charge in [0.1, 0.15) is 18.1 Å². The van der Waals surface area contributed by atoms with Crippen LogP contribution in [0.3, 0.4) is 0 Å². The first-order valence-electron chi connectivity index (χ1n) is 11.7. The maximum atomic E-state index is 13.1. The molecule has 0 rings (SSSR count). The molecule has 0 bridgehead atoms. The molecule has 0 aliphatic carbocycles. The number of hydrogen-bond donors (Lipinski definition) is 7. The average Bonchev–Trinajstić information content (AvgIpc) is 2.75. The van der Waals surface area contributed by atoms with Crippen molar-refractivity contribution in [1.82, 2.24) is 16.0 Å². The summed E-state index contributed by atoms with van der Waals surface area (Å²) in [4.78, 5) is 54.0. The van der Waals surface area contributed by atoms with Crippen molar-refractivity contribution in [2.24, 2.45) is 34.0 Å². The first-order valence-corrected chi connectivity index (χ1v) is 13.1. The Morgan fingerprint density at radius 1 is 0.914 bits per heavy atom. The maximum absolute atomic E-state index is 13.1. The molecule has 3 amide bonds. The van der Waals surface area contributed by atoms with Gasteiger partial charge >= 0.3 is 5.97 Å². The third kappa shape index (κ3) is 13.8. The van der Waals surface area contributed by atoms with Gasteiger partial charge in [-0.15, -0.1) is 0 Å². The molecular formula is C22H43N7O5S. The lowest BCUT2D eigenvalue weighted by atomic mass is 10.0. The molecule has 202 valence electrons. The number of nitrogens with zero attached hydrogens (tertiary/aromatic N) is 1. The minimum Gasteiger partial charge on any atom is -0.480 e. The Morgan fingerprint density at radius 3 is 1.94 bits per heavy atom. The molecule has 0 saturated heterocycles. The van der Waals surface area contributed by atoms with Gasteiger partial charge < -0.3 is 38.3 Å². The van der Waals surface area contributed by atoms with E-state index < -0.39 is 47.9 Å². The van der Waals surface area contributed by atoms with Crippen LogP contribution in [0, 0.1) is 11.8 Å². The van der Waals surface area contributed by atoms with Crippen LogP contribution in [0.25, 0.3) is 0 Å². The maximum Gasteiger partial charge on any atom is 0.326 e. The Bertz CT molecular complexity index is 729. The Balaban J connectivity index is 5.56. The number of aliphatic carboxylic acids is 1. The highest BCUT2D eigenvalue weighted by Crippen LogP contribution is 2.08. The van der Waals surface area contributed by atoms with Gasteiger partial charge in [0.05, 0.1) is 6.04 Å². The van der Waals surface area contributed by atoms with Crippen molar-refractivity contribution in [3.05, 3.63) is 0 Å². The summed E-state index contributed by atoms with van der Waals surface area (Å²) in [7, 11) is 0. The van der Waals surface area contributed by atoms with Gasteiger partial charge in [-0.05, 0) is 49.5 Å². The number of carboxylic acids is 1. The molecule has 12 nitrogen and oxygen atoms in total. The summed E-state index contributed by atoms with van der Waals surface area (Å²) in [5, 5.41) is 17.2. The minimum absolute atomic E-state index is 0.0825. The van der Waals surface area contributed by atoms with Crippen molar-refractivity contribution in [3.63, 3.8) is 0 Å². The van der Waals surface area contributed by atoms with E-state index in [1.807, 2.05) is 20.1 Å². The predicted octanol–water partition coefficient (Wildman–Crippen LogP) is -0.638. The summed E-state index contributed by atoms with van der Waals surface area (Å²) >= 11 is 1.48. The number of amides is 3. The van der Waals surface area contributed by atoms with E-state index in [-0.39, 0.29) is 37.2 Å². The lowest BCUT2D eigenvalue weighted by Crippen LogP contribution is -2.57. The van der Waals surface area contributed by atoms with Crippen LogP contribution >= 0.6 is 11.8 Å². The molecule has 0 aliphatic heterocycles. The van der Waals surface area contributed by atoms with E-state index in [0.29, 0.717) is 18.6 Å². The van der Waals surface area contributed by atoms with Crippen molar-refractivity contribution < 1.29 is 24.3 Å². The van der Waals surface area contributed by atoms with Crippen LogP contribution in [-0.4, -0.2) is 77.5 Å². The van der Waals surface area contributed by atoms with Crippen LogP contribution in [0.1, 0.15) is 53.4 Å². The molecule has 4 unspecified atom stereocenters. The Kier molecular flexibility index (Phi) is 15.7. The molecule has 0 radical (unpaired) electrons. The molecule has 10 N–H and O–H groups in total. The van der Waals surface area contributed by atoms with Gasteiger partial charge in [-0.1, -0.05) is 27.7 Å². The number of rotatable bonds is 17. The second kappa shape index (κ2) is 17.0. The fraction of sp³-hybridized carbons (Fsp3) is 0.773. The third-order valence-corrected chi connectivity index (χ3v) is 5.76. The van der Waals surface area contributed by atoms with E-state index >= 15 is 0 Å². The summed E-state index contributed by atoms with van der Waals surface area (Å²) in [5.74, 6) is -2.50. The van der Waals surface area contributed by atoms with Crippen molar-refractivity contribution in [2.45, 2.75) is 77.5 Å². The standard InChI is InChI=1S/C22H43N7O5S/c1-12(2)11-14(23)18(30)27-15(7-6-9-26-22(24)25)19(31)28-16(8-10-35-5)20(32)29-17(13(3)4)21(33)34/h12-17H,6-11,23H2,1-5H3,(H,27,30)(H,28,31)(H,29,32)(H,33,34)(H4,24,25,26). The Hall–Kier alpha value is -2.54. The number of guanidine groups is 1. The number of carboxylic acid groups (broad SMARTS) is 1. The molecule has 0 heterocycles.